The lowest BCUT2D eigenvalue weighted by atomic mass is 9.90. The molecule has 1 aromatic carbocycles. The maximum absolute atomic E-state index is 6.20. The molecule has 0 aliphatic carbocycles. The molecule has 2 nitrogen and oxygen atoms in total. The van der Waals surface area contributed by atoms with Crippen LogP contribution in [0.5, 0.6) is 0 Å². The highest BCUT2D eigenvalue weighted by atomic mass is 16.3. The maximum atomic E-state index is 6.20. The first kappa shape index (κ1) is 11.0. The van der Waals surface area contributed by atoms with Crippen LogP contribution in [0.15, 0.2) is 53.3 Å². The molecule has 0 saturated heterocycles. The van der Waals surface area contributed by atoms with Crippen molar-refractivity contribution in [3.63, 3.8) is 0 Å². The van der Waals surface area contributed by atoms with Crippen LogP contribution < -0.4 is 5.73 Å². The quantitative estimate of drug-likeness (QED) is 0.851. The second kappa shape index (κ2) is 4.99. The summed E-state index contributed by atoms with van der Waals surface area (Å²) in [6.07, 6.45) is 4.30. The summed E-state index contributed by atoms with van der Waals surface area (Å²) in [5.74, 6) is 0.357. The third kappa shape index (κ3) is 2.52. The molecule has 2 rings (SSSR count). The molecular weight excluding hydrogens is 198 g/mol. The van der Waals surface area contributed by atoms with Crippen LogP contribution in [-0.4, -0.2) is 6.04 Å². The highest BCUT2D eigenvalue weighted by Gasteiger charge is 2.15. The number of rotatable bonds is 4. The first-order valence-corrected chi connectivity index (χ1v) is 5.59. The van der Waals surface area contributed by atoms with Gasteiger partial charge in [0, 0.05) is 6.04 Å². The SMILES string of the molecule is CC(c1ccccc1)C(N)Cc1ccoc1. The summed E-state index contributed by atoms with van der Waals surface area (Å²) in [6.45, 7) is 2.17. The molecule has 0 bridgehead atoms. The van der Waals surface area contributed by atoms with E-state index in [0.717, 1.165) is 12.0 Å². The van der Waals surface area contributed by atoms with Crippen LogP contribution in [0.2, 0.25) is 0 Å². The van der Waals surface area contributed by atoms with Crippen LogP contribution in [0.25, 0.3) is 0 Å². The van der Waals surface area contributed by atoms with E-state index in [2.05, 4.69) is 31.2 Å². The lowest BCUT2D eigenvalue weighted by Crippen LogP contribution is -2.28. The molecule has 1 aromatic heterocycles. The molecule has 0 amide bonds. The Kier molecular flexibility index (Phi) is 3.42. The molecule has 84 valence electrons. The first-order valence-electron chi connectivity index (χ1n) is 5.59. The van der Waals surface area contributed by atoms with Crippen molar-refractivity contribution in [1.82, 2.24) is 0 Å². The molecule has 16 heavy (non-hydrogen) atoms. The van der Waals surface area contributed by atoms with Gasteiger partial charge in [-0.3, -0.25) is 0 Å². The number of benzene rings is 1. The number of nitrogens with two attached hydrogens (primary N) is 1. The molecule has 2 heteroatoms. The largest absolute Gasteiger partial charge is 0.472 e. The molecule has 2 unspecified atom stereocenters. The van der Waals surface area contributed by atoms with Crippen molar-refractivity contribution in [2.45, 2.75) is 25.3 Å². The number of furan rings is 1. The fourth-order valence-corrected chi connectivity index (χ4v) is 1.86. The van der Waals surface area contributed by atoms with Gasteiger partial charge >= 0.3 is 0 Å². The Morgan fingerprint density at radius 3 is 2.56 bits per heavy atom. The van der Waals surface area contributed by atoms with Crippen LogP contribution in [0.4, 0.5) is 0 Å². The predicted molar refractivity (Wildman–Crippen MR) is 65.2 cm³/mol. The zero-order chi connectivity index (χ0) is 11.4. The van der Waals surface area contributed by atoms with Crippen LogP contribution in [0.3, 0.4) is 0 Å². The third-order valence-corrected chi connectivity index (χ3v) is 3.02. The molecule has 0 radical (unpaired) electrons. The normalized spacial score (nSPS) is 14.6. The summed E-state index contributed by atoms with van der Waals surface area (Å²) in [5.41, 5.74) is 8.65. The Hall–Kier alpha value is -1.54. The van der Waals surface area contributed by atoms with Gasteiger partial charge in [0.05, 0.1) is 12.5 Å². The highest BCUT2D eigenvalue weighted by molar-refractivity contribution is 5.21. The van der Waals surface area contributed by atoms with E-state index in [-0.39, 0.29) is 6.04 Å². The molecular formula is C14H17NO. The zero-order valence-electron chi connectivity index (χ0n) is 9.47. The Labute approximate surface area is 96.1 Å². The van der Waals surface area contributed by atoms with E-state index in [4.69, 9.17) is 10.2 Å². The standard InChI is InChI=1S/C14H17NO/c1-11(13-5-3-2-4-6-13)14(15)9-12-7-8-16-10-12/h2-8,10-11,14H,9,15H2,1H3. The van der Waals surface area contributed by atoms with Crippen LogP contribution >= 0.6 is 0 Å². The van der Waals surface area contributed by atoms with Crippen LogP contribution in [-0.2, 0) is 6.42 Å². The van der Waals surface area contributed by atoms with Crippen molar-refractivity contribution in [3.05, 3.63) is 60.1 Å². The first-order chi connectivity index (χ1) is 7.77. The van der Waals surface area contributed by atoms with Crippen molar-refractivity contribution in [3.8, 4) is 0 Å². The lowest BCUT2D eigenvalue weighted by molar-refractivity contribution is 0.543. The summed E-state index contributed by atoms with van der Waals surface area (Å²) < 4.78 is 5.05. The number of hydrogen-bond donors (Lipinski definition) is 1. The van der Waals surface area contributed by atoms with Gasteiger partial charge in [-0.15, -0.1) is 0 Å². The Morgan fingerprint density at radius 2 is 1.94 bits per heavy atom. The predicted octanol–water partition coefficient (Wildman–Crippen LogP) is 2.95. The van der Waals surface area contributed by atoms with E-state index in [9.17, 15) is 0 Å². The molecule has 1 heterocycles. The Bertz CT molecular complexity index is 408. The van der Waals surface area contributed by atoms with E-state index < -0.39 is 0 Å². The number of hydrogen-bond acceptors (Lipinski definition) is 2. The second-order valence-corrected chi connectivity index (χ2v) is 4.20. The summed E-state index contributed by atoms with van der Waals surface area (Å²) >= 11 is 0. The molecule has 2 N–H and O–H groups in total. The zero-order valence-corrected chi connectivity index (χ0v) is 9.47. The Morgan fingerprint density at radius 1 is 1.19 bits per heavy atom. The van der Waals surface area contributed by atoms with Crippen LogP contribution in [0, 0.1) is 0 Å². The van der Waals surface area contributed by atoms with Gasteiger partial charge in [-0.2, -0.15) is 0 Å². The monoisotopic (exact) mass is 215 g/mol. The smallest absolute Gasteiger partial charge is 0.0935 e. The molecule has 0 aliphatic rings. The topological polar surface area (TPSA) is 39.2 Å². The average Bonchev–Trinajstić information content (AvgIpc) is 2.82. The van der Waals surface area contributed by atoms with E-state index >= 15 is 0 Å². The lowest BCUT2D eigenvalue weighted by Gasteiger charge is -2.19. The van der Waals surface area contributed by atoms with E-state index in [1.54, 1.807) is 12.5 Å². The minimum atomic E-state index is 0.125. The van der Waals surface area contributed by atoms with Gasteiger partial charge in [0.25, 0.3) is 0 Å². The van der Waals surface area contributed by atoms with E-state index in [0.29, 0.717) is 5.92 Å². The molecule has 0 spiro atoms. The molecule has 0 fully saturated rings. The minimum Gasteiger partial charge on any atom is -0.472 e. The molecule has 2 aromatic rings. The van der Waals surface area contributed by atoms with Crippen molar-refractivity contribution < 1.29 is 4.42 Å². The van der Waals surface area contributed by atoms with Crippen molar-refractivity contribution in [2.75, 3.05) is 0 Å². The minimum absolute atomic E-state index is 0.125. The van der Waals surface area contributed by atoms with Gasteiger partial charge in [-0.1, -0.05) is 37.3 Å². The summed E-state index contributed by atoms with van der Waals surface area (Å²) in [4.78, 5) is 0. The van der Waals surface area contributed by atoms with Gasteiger partial charge in [-0.25, -0.2) is 0 Å². The van der Waals surface area contributed by atoms with Gasteiger partial charge in [0.15, 0.2) is 0 Å². The highest BCUT2D eigenvalue weighted by Crippen LogP contribution is 2.20. The van der Waals surface area contributed by atoms with Crippen molar-refractivity contribution in [2.24, 2.45) is 5.73 Å². The summed E-state index contributed by atoms with van der Waals surface area (Å²) in [6, 6.07) is 12.5. The fraction of sp³-hybridized carbons (Fsp3) is 0.286. The fourth-order valence-electron chi connectivity index (χ4n) is 1.86. The van der Waals surface area contributed by atoms with Gasteiger partial charge < -0.3 is 10.2 Å². The van der Waals surface area contributed by atoms with Crippen molar-refractivity contribution in [1.29, 1.82) is 0 Å². The second-order valence-electron chi connectivity index (χ2n) is 4.20. The summed E-state index contributed by atoms with van der Waals surface area (Å²) in [5, 5.41) is 0. The van der Waals surface area contributed by atoms with E-state index in [1.807, 2.05) is 12.1 Å². The van der Waals surface area contributed by atoms with Gasteiger partial charge in [0.2, 0.25) is 0 Å². The Balaban J connectivity index is 2.02. The molecule has 0 saturated carbocycles. The van der Waals surface area contributed by atoms with E-state index in [1.165, 1.54) is 5.56 Å². The van der Waals surface area contributed by atoms with Gasteiger partial charge in [0.1, 0.15) is 0 Å². The van der Waals surface area contributed by atoms with Gasteiger partial charge in [-0.05, 0) is 29.5 Å². The van der Waals surface area contributed by atoms with Crippen molar-refractivity contribution >= 4 is 0 Å². The third-order valence-electron chi connectivity index (χ3n) is 3.02. The summed E-state index contributed by atoms with van der Waals surface area (Å²) in [7, 11) is 0. The molecule has 0 aliphatic heterocycles. The van der Waals surface area contributed by atoms with Crippen LogP contribution in [0.1, 0.15) is 24.0 Å². The molecule has 2 atom stereocenters. The average molecular weight is 215 g/mol. The maximum Gasteiger partial charge on any atom is 0.0935 e.